The molecule has 5 heteroatoms. The standard InChI is InChI=1S/C11H14N2O3/c1-16-10-4-7(12)2-3-9(10)11(15)13-5-8(14)6-13/h2-4,8,14H,5-6,12H2,1H3. The molecular weight excluding hydrogens is 208 g/mol. The minimum atomic E-state index is -0.399. The molecular formula is C11H14N2O3. The molecule has 1 fully saturated rings. The number of anilines is 1. The smallest absolute Gasteiger partial charge is 0.257 e. The van der Waals surface area contributed by atoms with Gasteiger partial charge in [-0.15, -0.1) is 0 Å². The van der Waals surface area contributed by atoms with Gasteiger partial charge in [-0.25, -0.2) is 0 Å². The molecule has 0 aliphatic carbocycles. The zero-order valence-electron chi connectivity index (χ0n) is 9.01. The lowest BCUT2D eigenvalue weighted by Crippen LogP contribution is -2.53. The third-order valence-electron chi connectivity index (χ3n) is 2.61. The first-order valence-electron chi connectivity index (χ1n) is 5.02. The highest BCUT2D eigenvalue weighted by Gasteiger charge is 2.30. The summed E-state index contributed by atoms with van der Waals surface area (Å²) < 4.78 is 5.10. The molecule has 0 saturated carbocycles. The van der Waals surface area contributed by atoms with E-state index in [1.807, 2.05) is 0 Å². The molecule has 1 aliphatic rings. The summed E-state index contributed by atoms with van der Waals surface area (Å²) in [5, 5.41) is 9.14. The maximum absolute atomic E-state index is 12.0. The predicted octanol–water partition coefficient (Wildman–Crippen LogP) is 0.0941. The number of aliphatic hydroxyl groups excluding tert-OH is 1. The highest BCUT2D eigenvalue weighted by atomic mass is 16.5. The first-order chi connectivity index (χ1) is 7.61. The Kier molecular flexibility index (Phi) is 2.70. The molecule has 1 amide bonds. The summed E-state index contributed by atoms with van der Waals surface area (Å²) >= 11 is 0. The Balaban J connectivity index is 2.22. The first-order valence-corrected chi connectivity index (χ1v) is 5.02. The number of amides is 1. The van der Waals surface area contributed by atoms with Crippen LogP contribution in [0, 0.1) is 0 Å². The van der Waals surface area contributed by atoms with Crippen LogP contribution < -0.4 is 10.5 Å². The summed E-state index contributed by atoms with van der Waals surface area (Å²) in [6, 6.07) is 4.91. The summed E-state index contributed by atoms with van der Waals surface area (Å²) in [6.07, 6.45) is -0.399. The maximum atomic E-state index is 12.0. The van der Waals surface area contributed by atoms with Crippen molar-refractivity contribution in [2.45, 2.75) is 6.10 Å². The van der Waals surface area contributed by atoms with E-state index in [9.17, 15) is 4.79 Å². The van der Waals surface area contributed by atoms with Gasteiger partial charge in [-0.1, -0.05) is 0 Å². The number of carbonyl (C=O) groups is 1. The van der Waals surface area contributed by atoms with Gasteiger partial charge >= 0.3 is 0 Å². The molecule has 1 aromatic rings. The average Bonchev–Trinajstić information content (AvgIpc) is 2.23. The van der Waals surface area contributed by atoms with Gasteiger partial charge in [-0.05, 0) is 12.1 Å². The molecule has 2 rings (SSSR count). The molecule has 5 nitrogen and oxygen atoms in total. The van der Waals surface area contributed by atoms with Crippen molar-refractivity contribution in [1.29, 1.82) is 0 Å². The Morgan fingerprint density at radius 3 is 2.81 bits per heavy atom. The van der Waals surface area contributed by atoms with E-state index in [0.29, 0.717) is 30.1 Å². The molecule has 0 radical (unpaired) electrons. The van der Waals surface area contributed by atoms with Gasteiger partial charge in [0.2, 0.25) is 0 Å². The van der Waals surface area contributed by atoms with Crippen molar-refractivity contribution in [2.24, 2.45) is 0 Å². The molecule has 0 atom stereocenters. The topological polar surface area (TPSA) is 75.8 Å². The van der Waals surface area contributed by atoms with E-state index >= 15 is 0 Å². The van der Waals surface area contributed by atoms with E-state index in [4.69, 9.17) is 15.6 Å². The van der Waals surface area contributed by atoms with E-state index in [1.54, 1.807) is 23.1 Å². The molecule has 1 heterocycles. The second-order valence-electron chi connectivity index (χ2n) is 3.82. The van der Waals surface area contributed by atoms with Crippen molar-refractivity contribution < 1.29 is 14.6 Å². The number of β-amino-alcohol motifs (C(OH)–C–C–N with tert-alkyl or cyclic N) is 1. The molecule has 1 aliphatic heterocycles. The van der Waals surface area contributed by atoms with Crippen LogP contribution in [0.3, 0.4) is 0 Å². The van der Waals surface area contributed by atoms with Gasteiger partial charge in [0.05, 0.1) is 18.8 Å². The molecule has 0 bridgehead atoms. The van der Waals surface area contributed by atoms with E-state index in [-0.39, 0.29) is 5.91 Å². The van der Waals surface area contributed by atoms with Gasteiger partial charge in [-0.2, -0.15) is 0 Å². The van der Waals surface area contributed by atoms with Crippen LogP contribution >= 0.6 is 0 Å². The summed E-state index contributed by atoms with van der Waals surface area (Å²) in [4.78, 5) is 13.5. The summed E-state index contributed by atoms with van der Waals surface area (Å²) in [7, 11) is 1.50. The van der Waals surface area contributed by atoms with E-state index in [1.165, 1.54) is 7.11 Å². The third kappa shape index (κ3) is 1.81. The van der Waals surface area contributed by atoms with Crippen molar-refractivity contribution in [3.05, 3.63) is 23.8 Å². The van der Waals surface area contributed by atoms with Crippen LogP contribution in [0.4, 0.5) is 5.69 Å². The van der Waals surface area contributed by atoms with Gasteiger partial charge in [-0.3, -0.25) is 4.79 Å². The van der Waals surface area contributed by atoms with Crippen molar-refractivity contribution in [1.82, 2.24) is 4.90 Å². The van der Waals surface area contributed by atoms with Gasteiger partial charge in [0.25, 0.3) is 5.91 Å². The lowest BCUT2D eigenvalue weighted by Gasteiger charge is -2.36. The van der Waals surface area contributed by atoms with Gasteiger partial charge in [0.1, 0.15) is 5.75 Å². The number of hydrogen-bond acceptors (Lipinski definition) is 4. The molecule has 3 N–H and O–H groups in total. The van der Waals surface area contributed by atoms with Crippen LogP contribution in [0.15, 0.2) is 18.2 Å². The van der Waals surface area contributed by atoms with Crippen LogP contribution in [0.25, 0.3) is 0 Å². The number of benzene rings is 1. The Bertz CT molecular complexity index is 414. The number of ether oxygens (including phenoxy) is 1. The monoisotopic (exact) mass is 222 g/mol. The van der Waals surface area contributed by atoms with Gasteiger partial charge < -0.3 is 20.5 Å². The fraction of sp³-hybridized carbons (Fsp3) is 0.364. The maximum Gasteiger partial charge on any atom is 0.257 e. The van der Waals surface area contributed by atoms with Crippen LogP contribution in [0.5, 0.6) is 5.75 Å². The number of nitrogens with zero attached hydrogens (tertiary/aromatic N) is 1. The molecule has 16 heavy (non-hydrogen) atoms. The highest BCUT2D eigenvalue weighted by molar-refractivity contribution is 5.97. The number of nitrogens with two attached hydrogens (primary N) is 1. The minimum Gasteiger partial charge on any atom is -0.496 e. The second-order valence-corrected chi connectivity index (χ2v) is 3.82. The fourth-order valence-electron chi connectivity index (χ4n) is 1.68. The Morgan fingerprint density at radius 1 is 1.56 bits per heavy atom. The molecule has 0 spiro atoms. The first kappa shape index (κ1) is 10.8. The summed E-state index contributed by atoms with van der Waals surface area (Å²) in [6.45, 7) is 0.763. The van der Waals surface area contributed by atoms with Crippen LogP contribution in [0.2, 0.25) is 0 Å². The van der Waals surface area contributed by atoms with Crippen LogP contribution in [-0.2, 0) is 0 Å². The van der Waals surface area contributed by atoms with E-state index in [2.05, 4.69) is 0 Å². The van der Waals surface area contributed by atoms with E-state index in [0.717, 1.165) is 0 Å². The lowest BCUT2D eigenvalue weighted by atomic mass is 10.1. The zero-order chi connectivity index (χ0) is 11.7. The van der Waals surface area contributed by atoms with Crippen molar-refractivity contribution in [3.8, 4) is 5.75 Å². The normalized spacial score (nSPS) is 15.8. The number of rotatable bonds is 2. The Morgan fingerprint density at radius 2 is 2.25 bits per heavy atom. The largest absolute Gasteiger partial charge is 0.496 e. The number of carbonyl (C=O) groups excluding carboxylic acids is 1. The molecule has 0 unspecified atom stereocenters. The number of hydrogen-bond donors (Lipinski definition) is 2. The molecule has 0 aromatic heterocycles. The van der Waals surface area contributed by atoms with E-state index < -0.39 is 6.10 Å². The molecule has 1 aromatic carbocycles. The number of methoxy groups -OCH3 is 1. The average molecular weight is 222 g/mol. The van der Waals surface area contributed by atoms with Gasteiger partial charge in [0, 0.05) is 24.8 Å². The molecule has 1 saturated heterocycles. The van der Waals surface area contributed by atoms with Crippen molar-refractivity contribution in [2.75, 3.05) is 25.9 Å². The summed E-state index contributed by atoms with van der Waals surface area (Å²) in [5.74, 6) is 0.327. The van der Waals surface area contributed by atoms with Crippen LogP contribution in [-0.4, -0.2) is 42.2 Å². The minimum absolute atomic E-state index is 0.137. The number of nitrogen functional groups attached to an aromatic ring is 1. The van der Waals surface area contributed by atoms with Gasteiger partial charge in [0.15, 0.2) is 0 Å². The Labute approximate surface area is 93.4 Å². The Hall–Kier alpha value is -1.75. The molecule has 86 valence electrons. The summed E-state index contributed by atoms with van der Waals surface area (Å²) in [5.41, 5.74) is 6.63. The lowest BCUT2D eigenvalue weighted by molar-refractivity contribution is 0.00570. The second kappa shape index (κ2) is 4.02. The fourth-order valence-corrected chi connectivity index (χ4v) is 1.68. The number of likely N-dealkylation sites (tertiary alicyclic amines) is 1. The zero-order valence-corrected chi connectivity index (χ0v) is 9.01. The van der Waals surface area contributed by atoms with Crippen LogP contribution in [0.1, 0.15) is 10.4 Å². The predicted molar refractivity (Wildman–Crippen MR) is 59.3 cm³/mol. The highest BCUT2D eigenvalue weighted by Crippen LogP contribution is 2.24. The van der Waals surface area contributed by atoms with Crippen molar-refractivity contribution in [3.63, 3.8) is 0 Å². The number of aliphatic hydroxyl groups is 1. The SMILES string of the molecule is COc1cc(N)ccc1C(=O)N1CC(O)C1. The third-order valence-corrected chi connectivity index (χ3v) is 2.61. The quantitative estimate of drug-likeness (QED) is 0.695. The van der Waals surface area contributed by atoms with Crippen molar-refractivity contribution >= 4 is 11.6 Å².